The normalized spacial score (nSPS) is 23.6. The number of imide groups is 1. The molecule has 1 fully saturated rings. The van der Waals surface area contributed by atoms with Crippen LogP contribution in [0.5, 0.6) is 0 Å². The first-order chi connectivity index (χ1) is 14.0. The van der Waals surface area contributed by atoms with Gasteiger partial charge in [-0.3, -0.25) is 14.4 Å². The van der Waals surface area contributed by atoms with Crippen molar-refractivity contribution in [2.75, 3.05) is 11.4 Å². The standard InChI is InChI=1S/C23H22N2O3S/c1-3-24(15(2)26)19-14-18(16-10-6-4-7-11-16)20-21(29-19)23(28)25(22(20)27)17-12-8-5-9-13-17/h4-14,18,20-21H,3H2,1-2H3/t18-,20-,21+/m0/s1. The molecule has 5 nitrogen and oxygen atoms in total. The maximum atomic E-state index is 13.4. The van der Waals surface area contributed by atoms with E-state index in [1.165, 1.54) is 23.6 Å². The van der Waals surface area contributed by atoms with Crippen LogP contribution in [0.4, 0.5) is 5.69 Å². The fraction of sp³-hybridized carbons (Fsp3) is 0.261. The molecule has 0 aromatic heterocycles. The van der Waals surface area contributed by atoms with Crippen LogP contribution in [0.15, 0.2) is 71.8 Å². The van der Waals surface area contributed by atoms with Crippen molar-refractivity contribution in [3.05, 3.63) is 77.3 Å². The van der Waals surface area contributed by atoms with E-state index in [1.807, 2.05) is 61.5 Å². The van der Waals surface area contributed by atoms with Gasteiger partial charge in [-0.1, -0.05) is 60.3 Å². The summed E-state index contributed by atoms with van der Waals surface area (Å²) in [5.74, 6) is -1.25. The molecule has 3 amide bonds. The maximum Gasteiger partial charge on any atom is 0.248 e. The summed E-state index contributed by atoms with van der Waals surface area (Å²) < 4.78 is 0. The van der Waals surface area contributed by atoms with Gasteiger partial charge >= 0.3 is 0 Å². The zero-order valence-corrected chi connectivity index (χ0v) is 17.1. The van der Waals surface area contributed by atoms with Crippen LogP contribution in [0.1, 0.15) is 25.3 Å². The molecule has 1 saturated heterocycles. The largest absolute Gasteiger partial charge is 0.308 e. The first-order valence-corrected chi connectivity index (χ1v) is 10.5. The van der Waals surface area contributed by atoms with Crippen LogP contribution in [-0.4, -0.2) is 34.4 Å². The van der Waals surface area contributed by atoms with Crippen molar-refractivity contribution < 1.29 is 14.4 Å². The van der Waals surface area contributed by atoms with E-state index >= 15 is 0 Å². The molecule has 0 unspecified atom stereocenters. The minimum atomic E-state index is -0.554. The van der Waals surface area contributed by atoms with Crippen LogP contribution in [0.2, 0.25) is 0 Å². The molecule has 148 valence electrons. The molecule has 0 aliphatic carbocycles. The van der Waals surface area contributed by atoms with Crippen LogP contribution in [0, 0.1) is 5.92 Å². The van der Waals surface area contributed by atoms with Crippen LogP contribution in [0.3, 0.4) is 0 Å². The molecule has 0 saturated carbocycles. The van der Waals surface area contributed by atoms with Gasteiger partial charge in [0.05, 0.1) is 16.6 Å². The molecule has 0 radical (unpaired) electrons. The number of para-hydroxylation sites is 1. The van der Waals surface area contributed by atoms with E-state index < -0.39 is 11.2 Å². The van der Waals surface area contributed by atoms with E-state index in [2.05, 4.69) is 0 Å². The number of thioether (sulfide) groups is 1. The molecule has 29 heavy (non-hydrogen) atoms. The summed E-state index contributed by atoms with van der Waals surface area (Å²) in [6.45, 7) is 3.94. The summed E-state index contributed by atoms with van der Waals surface area (Å²) in [5, 5.41) is 0.187. The second-order valence-corrected chi connectivity index (χ2v) is 8.28. The molecule has 2 aliphatic rings. The van der Waals surface area contributed by atoms with Gasteiger partial charge in [0.1, 0.15) is 5.25 Å². The summed E-state index contributed by atoms with van der Waals surface area (Å²) in [5.41, 5.74) is 1.56. The van der Waals surface area contributed by atoms with Crippen LogP contribution in [-0.2, 0) is 14.4 Å². The number of rotatable bonds is 4. The number of hydrogen-bond donors (Lipinski definition) is 0. The first kappa shape index (κ1) is 19.5. The molecule has 0 N–H and O–H groups in total. The second-order valence-electron chi connectivity index (χ2n) is 7.12. The highest BCUT2D eigenvalue weighted by atomic mass is 32.2. The highest BCUT2D eigenvalue weighted by Crippen LogP contribution is 2.49. The molecule has 2 aliphatic heterocycles. The van der Waals surface area contributed by atoms with E-state index in [1.54, 1.807) is 17.0 Å². The number of carbonyl (C=O) groups is 3. The number of anilines is 1. The van der Waals surface area contributed by atoms with Crippen LogP contribution >= 0.6 is 11.8 Å². The number of carbonyl (C=O) groups excluding carboxylic acids is 3. The Morgan fingerprint density at radius 3 is 2.21 bits per heavy atom. The summed E-state index contributed by atoms with van der Waals surface area (Å²) in [6, 6.07) is 18.8. The Kier molecular flexibility index (Phi) is 5.28. The van der Waals surface area contributed by atoms with E-state index in [0.29, 0.717) is 12.2 Å². The number of benzene rings is 2. The average Bonchev–Trinajstić information content (AvgIpc) is 2.99. The quantitative estimate of drug-likeness (QED) is 0.725. The van der Waals surface area contributed by atoms with Gasteiger partial charge in [0, 0.05) is 19.4 Å². The van der Waals surface area contributed by atoms with Gasteiger partial charge in [-0.05, 0) is 30.7 Å². The van der Waals surface area contributed by atoms with E-state index in [9.17, 15) is 14.4 Å². The minimum Gasteiger partial charge on any atom is -0.308 e. The van der Waals surface area contributed by atoms with Gasteiger partial charge in [-0.2, -0.15) is 0 Å². The minimum absolute atomic E-state index is 0.0757. The lowest BCUT2D eigenvalue weighted by atomic mass is 9.84. The topological polar surface area (TPSA) is 57.7 Å². The average molecular weight is 407 g/mol. The molecular weight excluding hydrogens is 384 g/mol. The van der Waals surface area contributed by atoms with Gasteiger partial charge < -0.3 is 4.90 Å². The molecule has 2 aromatic rings. The second kappa shape index (κ2) is 7.87. The Bertz CT molecular complexity index is 974. The molecule has 6 heteroatoms. The van der Waals surface area contributed by atoms with Gasteiger partial charge in [0.15, 0.2) is 0 Å². The van der Waals surface area contributed by atoms with Gasteiger partial charge in [-0.25, -0.2) is 4.90 Å². The Morgan fingerprint density at radius 1 is 1.00 bits per heavy atom. The molecule has 2 heterocycles. The Hall–Kier alpha value is -2.86. The van der Waals surface area contributed by atoms with E-state index in [0.717, 1.165) is 10.6 Å². The van der Waals surface area contributed by atoms with E-state index in [4.69, 9.17) is 0 Å². The first-order valence-electron chi connectivity index (χ1n) is 9.67. The van der Waals surface area contributed by atoms with Crippen molar-refractivity contribution in [3.63, 3.8) is 0 Å². The predicted octanol–water partition coefficient (Wildman–Crippen LogP) is 3.79. The van der Waals surface area contributed by atoms with Gasteiger partial charge in [-0.15, -0.1) is 0 Å². The molecule has 0 spiro atoms. The number of allylic oxidation sites excluding steroid dienone is 1. The Labute approximate surface area is 174 Å². The van der Waals surface area contributed by atoms with Crippen molar-refractivity contribution in [2.24, 2.45) is 5.92 Å². The highest BCUT2D eigenvalue weighted by molar-refractivity contribution is 8.04. The molecule has 4 rings (SSSR count). The molecule has 2 aromatic carbocycles. The third kappa shape index (κ3) is 3.38. The lowest BCUT2D eigenvalue weighted by Crippen LogP contribution is -2.35. The van der Waals surface area contributed by atoms with Gasteiger partial charge in [0.2, 0.25) is 17.7 Å². The number of nitrogens with zero attached hydrogens (tertiary/aromatic N) is 2. The lowest BCUT2D eigenvalue weighted by Gasteiger charge is -2.33. The zero-order chi connectivity index (χ0) is 20.5. The van der Waals surface area contributed by atoms with Gasteiger partial charge in [0.25, 0.3) is 0 Å². The number of hydrogen-bond acceptors (Lipinski definition) is 4. The molecule has 0 bridgehead atoms. The fourth-order valence-electron chi connectivity index (χ4n) is 4.06. The third-order valence-electron chi connectivity index (χ3n) is 5.41. The number of amides is 3. The monoisotopic (exact) mass is 406 g/mol. The fourth-order valence-corrected chi connectivity index (χ4v) is 5.57. The third-order valence-corrected chi connectivity index (χ3v) is 6.76. The zero-order valence-electron chi connectivity index (χ0n) is 16.3. The summed E-state index contributed by atoms with van der Waals surface area (Å²) in [6.07, 6.45) is 1.98. The summed E-state index contributed by atoms with van der Waals surface area (Å²) in [7, 11) is 0. The van der Waals surface area contributed by atoms with Crippen molar-refractivity contribution in [1.29, 1.82) is 0 Å². The number of fused-ring (bicyclic) bond motifs is 1. The van der Waals surface area contributed by atoms with Crippen molar-refractivity contribution >= 4 is 35.2 Å². The van der Waals surface area contributed by atoms with Crippen molar-refractivity contribution in [1.82, 2.24) is 4.90 Å². The van der Waals surface area contributed by atoms with Crippen molar-refractivity contribution in [2.45, 2.75) is 25.0 Å². The SMILES string of the molecule is CCN(C(C)=O)C1=C[C@@H](c2ccccc2)[C@@H]2C(=O)N(c3ccccc3)C(=O)[C@@H]2S1. The maximum absolute atomic E-state index is 13.4. The van der Waals surface area contributed by atoms with Crippen LogP contribution in [0.25, 0.3) is 0 Å². The lowest BCUT2D eigenvalue weighted by molar-refractivity contribution is -0.126. The van der Waals surface area contributed by atoms with E-state index in [-0.39, 0.29) is 23.6 Å². The Balaban J connectivity index is 1.80. The predicted molar refractivity (Wildman–Crippen MR) is 114 cm³/mol. The van der Waals surface area contributed by atoms with Crippen LogP contribution < -0.4 is 4.90 Å². The molecule has 3 atom stereocenters. The highest BCUT2D eigenvalue weighted by Gasteiger charge is 2.54. The summed E-state index contributed by atoms with van der Waals surface area (Å²) in [4.78, 5) is 41.8. The smallest absolute Gasteiger partial charge is 0.248 e. The molecular formula is C23H22N2O3S. The van der Waals surface area contributed by atoms with Crippen molar-refractivity contribution in [3.8, 4) is 0 Å². The Morgan fingerprint density at radius 2 is 1.62 bits per heavy atom. The summed E-state index contributed by atoms with van der Waals surface area (Å²) >= 11 is 1.33.